The Labute approximate surface area is 195 Å². The summed E-state index contributed by atoms with van der Waals surface area (Å²) in [6.07, 6.45) is 5.64. The molecule has 4 aromatic rings. The molecule has 0 atom stereocenters. The average Bonchev–Trinajstić information content (AvgIpc) is 2.74. The van der Waals surface area contributed by atoms with Crippen LogP contribution in [0.25, 0.3) is 21.7 Å². The van der Waals surface area contributed by atoms with Crippen molar-refractivity contribution in [1.29, 1.82) is 0 Å². The second kappa shape index (κ2) is 10.7. The number of halogens is 2. The van der Waals surface area contributed by atoms with Crippen LogP contribution in [0, 0.1) is 5.92 Å². The Morgan fingerprint density at radius 3 is 2.19 bits per heavy atom. The summed E-state index contributed by atoms with van der Waals surface area (Å²) in [5, 5.41) is 3.43. The largest absolute Gasteiger partial charge is 0.493 e. The van der Waals surface area contributed by atoms with Gasteiger partial charge in [0.1, 0.15) is 0 Å². The molecule has 0 spiro atoms. The van der Waals surface area contributed by atoms with Crippen LogP contribution in [0.5, 0.6) is 11.5 Å². The highest BCUT2D eigenvalue weighted by atomic mass is 35.5. The maximum atomic E-state index is 5.57. The summed E-state index contributed by atoms with van der Waals surface area (Å²) in [5.74, 6) is 1.99. The van der Waals surface area contributed by atoms with Crippen LogP contribution in [0.1, 0.15) is 30.7 Å². The van der Waals surface area contributed by atoms with Crippen molar-refractivity contribution in [2.45, 2.75) is 26.7 Å². The number of rotatable bonds is 6. The number of para-hydroxylation sites is 1. The topological polar surface area (TPSA) is 44.2 Å². The smallest absolute Gasteiger partial charge is 0.161 e. The minimum Gasteiger partial charge on any atom is -0.493 e. The Hall–Kier alpha value is -2.56. The van der Waals surface area contributed by atoms with Crippen molar-refractivity contribution >= 4 is 46.5 Å². The Morgan fingerprint density at radius 2 is 1.52 bits per heavy atom. The molecule has 0 saturated heterocycles. The summed E-state index contributed by atoms with van der Waals surface area (Å²) in [7, 11) is 3.34. The number of methoxy groups -OCH3 is 2. The van der Waals surface area contributed by atoms with Crippen molar-refractivity contribution < 1.29 is 9.47 Å². The van der Waals surface area contributed by atoms with Gasteiger partial charge in [0.15, 0.2) is 11.5 Å². The second-order valence-corrected chi connectivity index (χ2v) is 7.79. The van der Waals surface area contributed by atoms with Crippen molar-refractivity contribution in [1.82, 2.24) is 9.97 Å². The zero-order chi connectivity index (χ0) is 20.4. The predicted molar refractivity (Wildman–Crippen MR) is 132 cm³/mol. The number of hydrogen-bond donors (Lipinski definition) is 0. The van der Waals surface area contributed by atoms with E-state index in [0.717, 1.165) is 62.8 Å². The zero-order valence-corrected chi connectivity index (χ0v) is 19.8. The van der Waals surface area contributed by atoms with E-state index in [-0.39, 0.29) is 24.8 Å². The molecule has 0 bridgehead atoms. The van der Waals surface area contributed by atoms with Gasteiger partial charge in [-0.05, 0) is 53.1 Å². The third-order valence-corrected chi connectivity index (χ3v) is 5.20. The van der Waals surface area contributed by atoms with E-state index < -0.39 is 0 Å². The molecule has 164 valence electrons. The van der Waals surface area contributed by atoms with E-state index in [9.17, 15) is 0 Å². The van der Waals surface area contributed by atoms with Crippen LogP contribution in [-0.2, 0) is 12.8 Å². The van der Waals surface area contributed by atoms with Crippen LogP contribution in [0.4, 0.5) is 0 Å². The number of hydrogen-bond acceptors (Lipinski definition) is 4. The number of ether oxygens (including phenoxy) is 2. The molecular weight excluding hydrogens is 431 g/mol. The Bertz CT molecular complexity index is 1180. The number of pyridine rings is 2. The van der Waals surface area contributed by atoms with Gasteiger partial charge in [-0.3, -0.25) is 9.97 Å². The molecule has 4 rings (SSSR count). The SMILES string of the molecule is COc1cc2c(Cc3cnc4ccccc4c3)cnc(CC(C)C)c2cc1OC.Cl.Cl. The van der Waals surface area contributed by atoms with E-state index in [0.29, 0.717) is 5.92 Å². The molecule has 0 fully saturated rings. The molecule has 0 amide bonds. The summed E-state index contributed by atoms with van der Waals surface area (Å²) in [5.41, 5.74) is 4.43. The predicted octanol–water partition coefficient (Wildman–Crippen LogP) is 6.43. The summed E-state index contributed by atoms with van der Waals surface area (Å²) in [4.78, 5) is 9.43. The van der Waals surface area contributed by atoms with Gasteiger partial charge in [-0.1, -0.05) is 32.0 Å². The monoisotopic (exact) mass is 458 g/mol. The van der Waals surface area contributed by atoms with Gasteiger partial charge < -0.3 is 9.47 Å². The van der Waals surface area contributed by atoms with Crippen molar-refractivity contribution in [2.75, 3.05) is 14.2 Å². The van der Waals surface area contributed by atoms with Gasteiger partial charge in [0, 0.05) is 35.3 Å². The molecule has 0 aliphatic heterocycles. The van der Waals surface area contributed by atoms with E-state index in [1.807, 2.05) is 30.6 Å². The maximum absolute atomic E-state index is 5.57. The molecule has 0 aliphatic carbocycles. The molecule has 0 aliphatic rings. The normalized spacial score (nSPS) is 10.6. The van der Waals surface area contributed by atoms with Crippen LogP contribution >= 0.6 is 24.8 Å². The lowest BCUT2D eigenvalue weighted by molar-refractivity contribution is 0.356. The molecule has 2 aromatic carbocycles. The Balaban J connectivity index is 0.00000171. The number of aromatic nitrogens is 2. The van der Waals surface area contributed by atoms with Gasteiger partial charge in [-0.25, -0.2) is 0 Å². The molecule has 0 N–H and O–H groups in total. The molecule has 0 radical (unpaired) electrons. The average molecular weight is 459 g/mol. The molecule has 4 nitrogen and oxygen atoms in total. The van der Waals surface area contributed by atoms with E-state index in [1.54, 1.807) is 14.2 Å². The fraction of sp³-hybridized carbons (Fsp3) is 0.280. The van der Waals surface area contributed by atoms with E-state index in [4.69, 9.17) is 14.5 Å². The first-order valence-electron chi connectivity index (χ1n) is 9.95. The first kappa shape index (κ1) is 24.7. The summed E-state index contributed by atoms with van der Waals surface area (Å²) < 4.78 is 11.1. The lowest BCUT2D eigenvalue weighted by Crippen LogP contribution is -2.02. The standard InChI is InChI=1S/C25H26N2O2.2ClH/c1-16(2)9-23-21-13-25(29-4)24(28-3)12-20(21)19(15-27-23)11-17-10-18-7-5-6-8-22(18)26-14-17;;/h5-8,10,12-16H,9,11H2,1-4H3;2*1H. The summed E-state index contributed by atoms with van der Waals surface area (Å²) >= 11 is 0. The van der Waals surface area contributed by atoms with Gasteiger partial charge >= 0.3 is 0 Å². The lowest BCUT2D eigenvalue weighted by Gasteiger charge is -2.15. The van der Waals surface area contributed by atoms with Crippen LogP contribution in [-0.4, -0.2) is 24.2 Å². The highest BCUT2D eigenvalue weighted by Gasteiger charge is 2.15. The molecule has 6 heteroatoms. The van der Waals surface area contributed by atoms with Crippen molar-refractivity contribution in [3.8, 4) is 11.5 Å². The molecule has 0 unspecified atom stereocenters. The van der Waals surface area contributed by atoms with Crippen LogP contribution in [0.2, 0.25) is 0 Å². The molecular formula is C25H28Cl2N2O2. The van der Waals surface area contributed by atoms with E-state index in [2.05, 4.69) is 43.1 Å². The molecule has 31 heavy (non-hydrogen) atoms. The van der Waals surface area contributed by atoms with Gasteiger partial charge in [0.25, 0.3) is 0 Å². The van der Waals surface area contributed by atoms with Crippen molar-refractivity contribution in [2.24, 2.45) is 5.92 Å². The summed E-state index contributed by atoms with van der Waals surface area (Å²) in [6, 6.07) is 14.5. The third-order valence-electron chi connectivity index (χ3n) is 5.20. The van der Waals surface area contributed by atoms with Crippen LogP contribution in [0.3, 0.4) is 0 Å². The Morgan fingerprint density at radius 1 is 0.839 bits per heavy atom. The maximum Gasteiger partial charge on any atom is 0.161 e. The molecule has 2 heterocycles. The quantitative estimate of drug-likeness (QED) is 0.333. The fourth-order valence-corrected chi connectivity index (χ4v) is 3.80. The number of fused-ring (bicyclic) bond motifs is 2. The number of nitrogens with zero attached hydrogens (tertiary/aromatic N) is 2. The van der Waals surface area contributed by atoms with E-state index >= 15 is 0 Å². The first-order valence-corrected chi connectivity index (χ1v) is 9.95. The molecule has 2 aromatic heterocycles. The highest BCUT2D eigenvalue weighted by molar-refractivity contribution is 5.91. The van der Waals surface area contributed by atoms with Gasteiger partial charge in [-0.2, -0.15) is 0 Å². The fourth-order valence-electron chi connectivity index (χ4n) is 3.80. The first-order chi connectivity index (χ1) is 14.1. The van der Waals surface area contributed by atoms with E-state index in [1.165, 1.54) is 0 Å². The minimum absolute atomic E-state index is 0. The Kier molecular flexibility index (Phi) is 8.49. The van der Waals surface area contributed by atoms with Crippen LogP contribution < -0.4 is 9.47 Å². The highest BCUT2D eigenvalue weighted by Crippen LogP contribution is 2.36. The van der Waals surface area contributed by atoms with Crippen LogP contribution in [0.15, 0.2) is 54.9 Å². The second-order valence-electron chi connectivity index (χ2n) is 7.79. The lowest BCUT2D eigenvalue weighted by atomic mass is 9.96. The molecule has 0 saturated carbocycles. The van der Waals surface area contributed by atoms with Gasteiger partial charge in [0.2, 0.25) is 0 Å². The third kappa shape index (κ3) is 5.20. The summed E-state index contributed by atoms with van der Waals surface area (Å²) in [6.45, 7) is 4.42. The van der Waals surface area contributed by atoms with Gasteiger partial charge in [0.05, 0.1) is 19.7 Å². The van der Waals surface area contributed by atoms with Crippen molar-refractivity contribution in [3.05, 3.63) is 71.7 Å². The van der Waals surface area contributed by atoms with Gasteiger partial charge in [-0.15, -0.1) is 24.8 Å². The zero-order valence-electron chi connectivity index (χ0n) is 18.2. The minimum atomic E-state index is 0. The number of benzene rings is 2. The van der Waals surface area contributed by atoms with Crippen molar-refractivity contribution in [3.63, 3.8) is 0 Å².